The SMILES string of the molecule is C=CC(=O)Nc1cc(OC)cc(-c2cnc3c(c2)c(-c2ccnc(F)c2)cn3C(C)OP(=O)(O)OC(C)(C)C)c1. The molecule has 1 aromatic carbocycles. The Bertz CT molecular complexity index is 1630. The van der Waals surface area contributed by atoms with Crippen molar-refractivity contribution in [3.8, 4) is 28.0 Å². The molecule has 4 rings (SSSR count). The normalized spacial score (nSPS) is 14.0. The van der Waals surface area contributed by atoms with Gasteiger partial charge >= 0.3 is 7.82 Å². The van der Waals surface area contributed by atoms with Crippen molar-refractivity contribution in [3.63, 3.8) is 0 Å². The van der Waals surface area contributed by atoms with E-state index in [1.807, 2.05) is 6.07 Å². The largest absolute Gasteiger partial charge is 0.497 e. The maximum atomic E-state index is 14.1. The average molecular weight is 569 g/mol. The molecule has 0 aliphatic rings. The molecule has 0 spiro atoms. The summed E-state index contributed by atoms with van der Waals surface area (Å²) < 4.78 is 44.4. The summed E-state index contributed by atoms with van der Waals surface area (Å²) in [5.74, 6) is -0.538. The van der Waals surface area contributed by atoms with E-state index in [0.717, 1.165) is 6.08 Å². The summed E-state index contributed by atoms with van der Waals surface area (Å²) in [4.78, 5) is 30.5. The zero-order valence-electron chi connectivity index (χ0n) is 22.7. The van der Waals surface area contributed by atoms with E-state index in [9.17, 15) is 18.6 Å². The number of rotatable bonds is 9. The maximum Gasteiger partial charge on any atom is 0.474 e. The van der Waals surface area contributed by atoms with Crippen LogP contribution < -0.4 is 10.1 Å². The second kappa shape index (κ2) is 11.3. The number of anilines is 1. The van der Waals surface area contributed by atoms with E-state index in [4.69, 9.17) is 13.8 Å². The van der Waals surface area contributed by atoms with Crippen LogP contribution in [0.25, 0.3) is 33.3 Å². The molecule has 0 fully saturated rings. The number of ether oxygens (including phenoxy) is 1. The third-order valence-electron chi connectivity index (χ3n) is 5.70. The van der Waals surface area contributed by atoms with Gasteiger partial charge in [0, 0.05) is 52.9 Å². The van der Waals surface area contributed by atoms with Crippen molar-refractivity contribution < 1.29 is 32.4 Å². The number of phosphoric acid groups is 1. The number of fused-ring (bicyclic) bond motifs is 1. The van der Waals surface area contributed by atoms with E-state index in [1.54, 1.807) is 68.9 Å². The Labute approximate surface area is 231 Å². The Kier molecular flexibility index (Phi) is 8.23. The van der Waals surface area contributed by atoms with E-state index in [-0.39, 0.29) is 5.91 Å². The van der Waals surface area contributed by atoms with Crippen LogP contribution in [0, 0.1) is 5.95 Å². The van der Waals surface area contributed by atoms with E-state index >= 15 is 0 Å². The number of aromatic nitrogens is 3. The molecule has 0 saturated heterocycles. The van der Waals surface area contributed by atoms with Gasteiger partial charge in [-0.15, -0.1) is 0 Å². The number of nitrogens with one attached hydrogen (secondary N) is 1. The van der Waals surface area contributed by atoms with E-state index in [2.05, 4.69) is 21.9 Å². The van der Waals surface area contributed by atoms with Crippen LogP contribution in [0.15, 0.2) is 67.6 Å². The molecule has 1 amide bonds. The van der Waals surface area contributed by atoms with Gasteiger partial charge in [0.15, 0.2) is 0 Å². The number of benzene rings is 1. The Hall–Kier alpha value is -3.89. The molecule has 3 aromatic heterocycles. The van der Waals surface area contributed by atoms with Crippen molar-refractivity contribution in [3.05, 3.63) is 73.6 Å². The fraction of sp³-hybridized carbons (Fsp3) is 0.250. The summed E-state index contributed by atoms with van der Waals surface area (Å²) in [6, 6.07) is 9.99. The zero-order valence-corrected chi connectivity index (χ0v) is 23.6. The van der Waals surface area contributed by atoms with Gasteiger partial charge in [0.2, 0.25) is 11.9 Å². The number of carbonyl (C=O) groups is 1. The second-order valence-corrected chi connectivity index (χ2v) is 11.3. The summed E-state index contributed by atoms with van der Waals surface area (Å²) in [5, 5.41) is 3.34. The van der Waals surface area contributed by atoms with Crippen LogP contribution in [-0.4, -0.2) is 38.0 Å². The Balaban J connectivity index is 1.85. The first-order valence-corrected chi connectivity index (χ1v) is 13.8. The Morgan fingerprint density at radius 3 is 2.58 bits per heavy atom. The quantitative estimate of drug-likeness (QED) is 0.133. The molecular weight excluding hydrogens is 538 g/mol. The Morgan fingerprint density at radius 1 is 1.18 bits per heavy atom. The van der Waals surface area contributed by atoms with Gasteiger partial charge in [0.1, 0.15) is 17.6 Å². The van der Waals surface area contributed by atoms with E-state index < -0.39 is 25.6 Å². The molecule has 0 aliphatic carbocycles. The molecule has 2 atom stereocenters. The summed E-state index contributed by atoms with van der Waals surface area (Å²) in [6.45, 7) is 9.98. The summed E-state index contributed by atoms with van der Waals surface area (Å²) in [7, 11) is -2.93. The molecule has 4 aromatic rings. The van der Waals surface area contributed by atoms with Crippen LogP contribution in [0.2, 0.25) is 0 Å². The number of phosphoric ester groups is 1. The van der Waals surface area contributed by atoms with Crippen molar-refractivity contribution in [1.29, 1.82) is 0 Å². The van der Waals surface area contributed by atoms with E-state index in [0.29, 0.717) is 44.7 Å². The summed E-state index contributed by atoms with van der Waals surface area (Å²) >= 11 is 0. The molecule has 0 bridgehead atoms. The molecule has 0 aliphatic heterocycles. The number of hydrogen-bond donors (Lipinski definition) is 2. The van der Waals surface area contributed by atoms with Crippen LogP contribution in [0.3, 0.4) is 0 Å². The molecular formula is C28H30FN4O6P. The molecule has 210 valence electrons. The van der Waals surface area contributed by atoms with Crippen LogP contribution in [0.1, 0.15) is 33.9 Å². The average Bonchev–Trinajstić information content (AvgIpc) is 3.26. The molecule has 12 heteroatoms. The number of halogens is 1. The smallest absolute Gasteiger partial charge is 0.474 e. The van der Waals surface area contributed by atoms with Crippen molar-refractivity contribution in [2.45, 2.75) is 39.5 Å². The van der Waals surface area contributed by atoms with Crippen molar-refractivity contribution in [2.24, 2.45) is 0 Å². The molecule has 2 unspecified atom stereocenters. The first-order chi connectivity index (χ1) is 18.8. The lowest BCUT2D eigenvalue weighted by Crippen LogP contribution is -2.19. The maximum absolute atomic E-state index is 14.1. The third-order valence-corrected chi connectivity index (χ3v) is 7.05. The zero-order chi connectivity index (χ0) is 29.2. The highest BCUT2D eigenvalue weighted by Crippen LogP contribution is 2.50. The van der Waals surface area contributed by atoms with Crippen LogP contribution in [0.4, 0.5) is 10.1 Å². The van der Waals surface area contributed by atoms with Gasteiger partial charge in [-0.25, -0.2) is 14.5 Å². The minimum absolute atomic E-state index is 0.377. The van der Waals surface area contributed by atoms with Gasteiger partial charge in [-0.2, -0.15) is 4.39 Å². The van der Waals surface area contributed by atoms with Crippen LogP contribution in [0.5, 0.6) is 5.75 Å². The monoisotopic (exact) mass is 568 g/mol. The number of methoxy groups -OCH3 is 1. The number of carbonyl (C=O) groups excluding carboxylic acids is 1. The molecule has 0 saturated carbocycles. The fourth-order valence-electron chi connectivity index (χ4n) is 4.13. The lowest BCUT2D eigenvalue weighted by Gasteiger charge is -2.25. The molecule has 40 heavy (non-hydrogen) atoms. The highest BCUT2D eigenvalue weighted by molar-refractivity contribution is 7.47. The summed E-state index contributed by atoms with van der Waals surface area (Å²) in [5.41, 5.74) is 2.46. The topological polar surface area (TPSA) is 125 Å². The molecule has 10 nitrogen and oxygen atoms in total. The molecule has 0 radical (unpaired) electrons. The fourth-order valence-corrected chi connectivity index (χ4v) is 5.35. The van der Waals surface area contributed by atoms with Gasteiger partial charge in [0.25, 0.3) is 0 Å². The van der Waals surface area contributed by atoms with Gasteiger partial charge in [-0.3, -0.25) is 13.8 Å². The minimum Gasteiger partial charge on any atom is -0.497 e. The minimum atomic E-state index is -4.44. The first-order valence-electron chi connectivity index (χ1n) is 12.3. The van der Waals surface area contributed by atoms with Gasteiger partial charge < -0.3 is 19.5 Å². The van der Waals surface area contributed by atoms with Crippen molar-refractivity contribution in [1.82, 2.24) is 14.5 Å². The number of amides is 1. The third kappa shape index (κ3) is 6.81. The second-order valence-electron chi connectivity index (χ2n) is 9.93. The number of pyridine rings is 2. The van der Waals surface area contributed by atoms with E-state index in [1.165, 1.54) is 19.4 Å². The lowest BCUT2D eigenvalue weighted by molar-refractivity contribution is -0.111. The molecule has 2 N–H and O–H groups in total. The number of nitrogens with zero attached hydrogens (tertiary/aromatic N) is 3. The standard InChI is InChI=1S/C28H30FN4O6P/c1-7-26(34)32-21-10-19(11-22(14-21)37-6)20-12-23-24(18-8-9-30-25(29)13-18)16-33(27(23)31-15-20)17(2)38-40(35,36)39-28(3,4)5/h7-17H,1H2,2-6H3,(H,32,34)(H,35,36). The van der Waals surface area contributed by atoms with Gasteiger partial charge in [-0.05, 0) is 69.2 Å². The van der Waals surface area contributed by atoms with Crippen LogP contribution in [-0.2, 0) is 18.4 Å². The van der Waals surface area contributed by atoms with Crippen molar-refractivity contribution >= 4 is 30.5 Å². The van der Waals surface area contributed by atoms with Crippen molar-refractivity contribution in [2.75, 3.05) is 12.4 Å². The Morgan fingerprint density at radius 2 is 1.93 bits per heavy atom. The lowest BCUT2D eigenvalue weighted by atomic mass is 10.0. The van der Waals surface area contributed by atoms with Gasteiger partial charge in [-0.1, -0.05) is 6.58 Å². The van der Waals surface area contributed by atoms with Gasteiger partial charge in [0.05, 0.1) is 12.7 Å². The summed E-state index contributed by atoms with van der Waals surface area (Å²) in [6.07, 6.45) is 4.81. The van der Waals surface area contributed by atoms with Crippen LogP contribution >= 0.6 is 7.82 Å². The number of hydrogen-bond acceptors (Lipinski definition) is 7. The predicted molar refractivity (Wildman–Crippen MR) is 150 cm³/mol. The highest BCUT2D eigenvalue weighted by Gasteiger charge is 2.32. The first kappa shape index (κ1) is 29.1. The highest BCUT2D eigenvalue weighted by atomic mass is 31.2. The molecule has 3 heterocycles. The predicted octanol–water partition coefficient (Wildman–Crippen LogP) is 6.49.